The minimum absolute atomic E-state index is 0.128. The topological polar surface area (TPSA) is 72.4 Å². The molecule has 3 heterocycles. The van der Waals surface area contributed by atoms with Crippen molar-refractivity contribution in [2.75, 3.05) is 19.0 Å². The summed E-state index contributed by atoms with van der Waals surface area (Å²) in [7, 11) is 1.72. The summed E-state index contributed by atoms with van der Waals surface area (Å²) in [6, 6.07) is 10.6. The number of ether oxygens (including phenoxy) is 2. The quantitative estimate of drug-likeness (QED) is 0.484. The molecule has 0 spiro atoms. The van der Waals surface area contributed by atoms with Gasteiger partial charge < -0.3 is 14.8 Å². The van der Waals surface area contributed by atoms with Gasteiger partial charge in [0.05, 0.1) is 36.8 Å². The van der Waals surface area contributed by atoms with Crippen molar-refractivity contribution in [1.82, 2.24) is 19.9 Å². The van der Waals surface area contributed by atoms with Gasteiger partial charge >= 0.3 is 0 Å². The van der Waals surface area contributed by atoms with Gasteiger partial charge in [0.1, 0.15) is 17.4 Å². The Labute approximate surface area is 196 Å². The number of pyridine rings is 1. The van der Waals surface area contributed by atoms with Crippen LogP contribution in [0.25, 0.3) is 0 Å². The molecule has 7 heteroatoms. The highest BCUT2D eigenvalue weighted by atomic mass is 16.5. The zero-order valence-corrected chi connectivity index (χ0v) is 19.9. The molecule has 1 fully saturated rings. The van der Waals surface area contributed by atoms with Crippen LogP contribution in [0.2, 0.25) is 0 Å². The first-order valence-electron chi connectivity index (χ1n) is 11.6. The molecule has 0 unspecified atom stereocenters. The maximum absolute atomic E-state index is 5.96. The van der Waals surface area contributed by atoms with E-state index in [0.29, 0.717) is 6.61 Å². The second kappa shape index (κ2) is 10.7. The number of hydrogen-bond donors (Lipinski definition) is 1. The van der Waals surface area contributed by atoms with Gasteiger partial charge in [0, 0.05) is 25.4 Å². The number of hydrogen-bond acceptors (Lipinski definition) is 7. The summed E-state index contributed by atoms with van der Waals surface area (Å²) in [6.45, 7) is 8.53. The second-order valence-electron chi connectivity index (χ2n) is 8.79. The molecule has 0 radical (unpaired) electrons. The molecule has 4 rings (SSSR count). The molecule has 174 valence electrons. The maximum atomic E-state index is 5.96. The zero-order valence-electron chi connectivity index (χ0n) is 19.9. The monoisotopic (exact) mass is 447 g/mol. The lowest BCUT2D eigenvalue weighted by Gasteiger charge is -2.25. The molecule has 1 atom stereocenters. The van der Waals surface area contributed by atoms with Crippen LogP contribution in [-0.4, -0.2) is 39.6 Å². The van der Waals surface area contributed by atoms with Crippen molar-refractivity contribution in [2.24, 2.45) is 0 Å². The minimum atomic E-state index is 0.128. The normalized spacial score (nSPS) is 16.3. The third-order valence-corrected chi connectivity index (χ3v) is 5.79. The van der Waals surface area contributed by atoms with Gasteiger partial charge in [0.25, 0.3) is 0 Å². The van der Waals surface area contributed by atoms with Crippen molar-refractivity contribution in [1.29, 1.82) is 0 Å². The lowest BCUT2D eigenvalue weighted by atomic mass is 10.1. The molecular formula is C26H33N5O2. The standard InChI is InChI=1S/C26H33N5O2/c1-18(2)33-24-10-9-20(13-21(24)17-32-4)16-31-12-6-8-23(31)22-14-27-15-25(29-22)30-26-19(3)7-5-11-28-26/h5,7,9-11,13-15,18,23H,6,8,12,16-17H2,1-4H3,(H,28,29,30)/t23-/m0/s1. The van der Waals surface area contributed by atoms with Crippen molar-refractivity contribution < 1.29 is 9.47 Å². The van der Waals surface area contributed by atoms with Gasteiger partial charge in [-0.1, -0.05) is 12.1 Å². The molecule has 2 aromatic heterocycles. The van der Waals surface area contributed by atoms with E-state index in [0.717, 1.165) is 60.1 Å². The number of nitrogens with zero attached hydrogens (tertiary/aromatic N) is 4. The first-order chi connectivity index (χ1) is 16.0. The number of anilines is 2. The van der Waals surface area contributed by atoms with Crippen molar-refractivity contribution >= 4 is 11.6 Å². The van der Waals surface area contributed by atoms with Crippen molar-refractivity contribution in [3.05, 3.63) is 71.3 Å². The van der Waals surface area contributed by atoms with E-state index >= 15 is 0 Å². The smallest absolute Gasteiger partial charge is 0.150 e. The van der Waals surface area contributed by atoms with Gasteiger partial charge in [0.2, 0.25) is 0 Å². The number of nitrogens with one attached hydrogen (secondary N) is 1. The fraction of sp³-hybridized carbons (Fsp3) is 0.423. The summed E-state index contributed by atoms with van der Waals surface area (Å²) >= 11 is 0. The first-order valence-corrected chi connectivity index (χ1v) is 11.6. The highest BCUT2D eigenvalue weighted by Gasteiger charge is 2.28. The summed E-state index contributed by atoms with van der Waals surface area (Å²) in [5.74, 6) is 2.42. The Morgan fingerprint density at radius 3 is 2.88 bits per heavy atom. The van der Waals surface area contributed by atoms with Crippen LogP contribution < -0.4 is 10.1 Å². The van der Waals surface area contributed by atoms with E-state index in [1.165, 1.54) is 5.56 Å². The van der Waals surface area contributed by atoms with Gasteiger partial charge in [-0.3, -0.25) is 9.88 Å². The van der Waals surface area contributed by atoms with E-state index in [1.807, 2.05) is 39.1 Å². The number of rotatable bonds is 9. The van der Waals surface area contributed by atoms with Crippen LogP contribution in [0.1, 0.15) is 55.1 Å². The Kier molecular flexibility index (Phi) is 7.52. The lowest BCUT2D eigenvalue weighted by Crippen LogP contribution is -2.24. The molecule has 0 bridgehead atoms. The Hall–Kier alpha value is -3.03. The first kappa shape index (κ1) is 23.1. The van der Waals surface area contributed by atoms with Crippen LogP contribution >= 0.6 is 0 Å². The summed E-state index contributed by atoms with van der Waals surface area (Å²) in [6.07, 6.45) is 7.75. The van der Waals surface area contributed by atoms with Gasteiger partial charge in [0.15, 0.2) is 0 Å². The summed E-state index contributed by atoms with van der Waals surface area (Å²) in [5.41, 5.74) is 4.39. The highest BCUT2D eigenvalue weighted by molar-refractivity contribution is 5.54. The average Bonchev–Trinajstić information content (AvgIpc) is 3.25. The second-order valence-corrected chi connectivity index (χ2v) is 8.79. The SMILES string of the molecule is COCc1cc(CN2CCC[C@H]2c2cncc(Nc3ncccc3C)n2)ccc1OC(C)C. The molecule has 0 aliphatic carbocycles. The van der Waals surface area contributed by atoms with Crippen LogP contribution in [0, 0.1) is 6.92 Å². The van der Waals surface area contributed by atoms with Gasteiger partial charge in [-0.25, -0.2) is 9.97 Å². The molecular weight excluding hydrogens is 414 g/mol. The van der Waals surface area contributed by atoms with Crippen LogP contribution in [0.4, 0.5) is 11.6 Å². The predicted molar refractivity (Wildman–Crippen MR) is 130 cm³/mol. The Bertz CT molecular complexity index is 1070. The molecule has 1 saturated heterocycles. The van der Waals surface area contributed by atoms with Gasteiger partial charge in [-0.05, 0) is 69.5 Å². The fourth-order valence-electron chi connectivity index (χ4n) is 4.29. The number of aromatic nitrogens is 3. The van der Waals surface area contributed by atoms with E-state index in [1.54, 1.807) is 19.5 Å². The van der Waals surface area contributed by atoms with Crippen LogP contribution in [0.5, 0.6) is 5.75 Å². The van der Waals surface area contributed by atoms with Gasteiger partial charge in [-0.2, -0.15) is 0 Å². The number of methoxy groups -OCH3 is 1. The summed E-state index contributed by atoms with van der Waals surface area (Å²) < 4.78 is 11.4. The lowest BCUT2D eigenvalue weighted by molar-refractivity contribution is 0.174. The number of benzene rings is 1. The molecule has 3 aromatic rings. The van der Waals surface area contributed by atoms with Crippen molar-refractivity contribution in [2.45, 2.75) is 58.9 Å². The molecule has 33 heavy (non-hydrogen) atoms. The van der Waals surface area contributed by atoms with E-state index in [9.17, 15) is 0 Å². The minimum Gasteiger partial charge on any atom is -0.491 e. The predicted octanol–water partition coefficient (Wildman–Crippen LogP) is 5.19. The van der Waals surface area contributed by atoms with Gasteiger partial charge in [-0.15, -0.1) is 0 Å². The molecule has 1 aliphatic heterocycles. The number of likely N-dealkylation sites (tertiary alicyclic amines) is 1. The van der Waals surface area contributed by atoms with E-state index in [2.05, 4.69) is 38.4 Å². The Morgan fingerprint density at radius 2 is 2.09 bits per heavy atom. The third-order valence-electron chi connectivity index (χ3n) is 5.79. The summed E-state index contributed by atoms with van der Waals surface area (Å²) in [5, 5.41) is 3.31. The van der Waals surface area contributed by atoms with E-state index in [-0.39, 0.29) is 12.1 Å². The largest absolute Gasteiger partial charge is 0.491 e. The third kappa shape index (κ3) is 5.86. The van der Waals surface area contributed by atoms with E-state index < -0.39 is 0 Å². The van der Waals surface area contributed by atoms with Crippen LogP contribution in [-0.2, 0) is 17.9 Å². The fourth-order valence-corrected chi connectivity index (χ4v) is 4.29. The number of aryl methyl sites for hydroxylation is 1. The van der Waals surface area contributed by atoms with Crippen LogP contribution in [0.3, 0.4) is 0 Å². The molecule has 1 N–H and O–H groups in total. The Balaban J connectivity index is 1.50. The molecule has 1 aliphatic rings. The van der Waals surface area contributed by atoms with Crippen molar-refractivity contribution in [3.8, 4) is 5.75 Å². The highest BCUT2D eigenvalue weighted by Crippen LogP contribution is 2.33. The van der Waals surface area contributed by atoms with Crippen molar-refractivity contribution in [3.63, 3.8) is 0 Å². The zero-order chi connectivity index (χ0) is 23.2. The molecule has 0 saturated carbocycles. The molecule has 7 nitrogen and oxygen atoms in total. The maximum Gasteiger partial charge on any atom is 0.150 e. The molecule has 0 amide bonds. The summed E-state index contributed by atoms with van der Waals surface area (Å²) in [4.78, 5) is 16.2. The molecule has 1 aromatic carbocycles. The average molecular weight is 448 g/mol. The van der Waals surface area contributed by atoms with E-state index in [4.69, 9.17) is 14.5 Å². The Morgan fingerprint density at radius 1 is 1.21 bits per heavy atom. The van der Waals surface area contributed by atoms with Crippen LogP contribution in [0.15, 0.2) is 48.9 Å².